The van der Waals surface area contributed by atoms with Gasteiger partial charge in [-0.25, -0.2) is 21.9 Å². The van der Waals surface area contributed by atoms with Gasteiger partial charge in [-0.15, -0.1) is 0 Å². The number of hydrogen-bond acceptors (Lipinski definition) is 3. The van der Waals surface area contributed by atoms with Gasteiger partial charge in [-0.3, -0.25) is 0 Å². The molecule has 4 nitrogen and oxygen atoms in total. The van der Waals surface area contributed by atoms with Crippen molar-refractivity contribution in [2.45, 2.75) is 25.0 Å². The van der Waals surface area contributed by atoms with Crippen molar-refractivity contribution >= 4 is 10.0 Å². The lowest BCUT2D eigenvalue weighted by atomic mass is 10.4. The predicted octanol–water partition coefficient (Wildman–Crippen LogP) is 0.473. The van der Waals surface area contributed by atoms with E-state index in [4.69, 9.17) is 5.26 Å². The SMILES string of the molecule is CCC(C#N)S(=O)(=O)NCC(F)F. The average molecular weight is 212 g/mol. The molecule has 13 heavy (non-hydrogen) atoms. The zero-order chi connectivity index (χ0) is 10.5. The van der Waals surface area contributed by atoms with Crippen LogP contribution in [0.1, 0.15) is 13.3 Å². The van der Waals surface area contributed by atoms with E-state index in [1.54, 1.807) is 4.72 Å². The molecule has 0 saturated heterocycles. The zero-order valence-electron chi connectivity index (χ0n) is 7.00. The second kappa shape index (κ2) is 5.09. The highest BCUT2D eigenvalue weighted by atomic mass is 32.2. The average Bonchev–Trinajstić information content (AvgIpc) is 2.03. The van der Waals surface area contributed by atoms with Crippen molar-refractivity contribution in [3.05, 3.63) is 0 Å². The Morgan fingerprint density at radius 2 is 2.08 bits per heavy atom. The predicted molar refractivity (Wildman–Crippen MR) is 42.6 cm³/mol. The van der Waals surface area contributed by atoms with E-state index in [9.17, 15) is 17.2 Å². The molecule has 1 unspecified atom stereocenters. The van der Waals surface area contributed by atoms with Crippen molar-refractivity contribution in [3.63, 3.8) is 0 Å². The standard InChI is InChI=1S/C6H10F2N2O2S/c1-2-5(3-9)13(11,12)10-4-6(7)8/h5-6,10H,2,4H2,1H3. The van der Waals surface area contributed by atoms with E-state index in [1.807, 2.05) is 0 Å². The Hall–Kier alpha value is -0.740. The van der Waals surface area contributed by atoms with Crippen LogP contribution in [-0.4, -0.2) is 26.6 Å². The Bertz CT molecular complexity index is 283. The number of halogens is 2. The van der Waals surface area contributed by atoms with Crippen LogP contribution in [-0.2, 0) is 10.0 Å². The summed E-state index contributed by atoms with van der Waals surface area (Å²) in [6, 6.07) is 1.52. The van der Waals surface area contributed by atoms with Crippen LogP contribution >= 0.6 is 0 Å². The van der Waals surface area contributed by atoms with Crippen LogP contribution in [0.15, 0.2) is 0 Å². The van der Waals surface area contributed by atoms with Gasteiger partial charge in [-0.2, -0.15) is 5.26 Å². The van der Waals surface area contributed by atoms with Gasteiger partial charge in [-0.1, -0.05) is 6.92 Å². The molecule has 0 fully saturated rings. The van der Waals surface area contributed by atoms with Gasteiger partial charge in [0, 0.05) is 0 Å². The first-order valence-electron chi connectivity index (χ1n) is 3.60. The molecule has 0 bridgehead atoms. The van der Waals surface area contributed by atoms with E-state index in [0.717, 1.165) is 0 Å². The molecule has 0 aliphatic heterocycles. The van der Waals surface area contributed by atoms with Crippen LogP contribution < -0.4 is 4.72 Å². The summed E-state index contributed by atoms with van der Waals surface area (Å²) in [5.41, 5.74) is 0. The van der Waals surface area contributed by atoms with Crippen LogP contribution in [0, 0.1) is 11.3 Å². The summed E-state index contributed by atoms with van der Waals surface area (Å²) in [6.07, 6.45) is -2.67. The number of alkyl halides is 2. The molecule has 0 rings (SSSR count). The minimum Gasteiger partial charge on any atom is -0.211 e. The molecule has 0 aromatic carbocycles. The molecule has 1 N–H and O–H groups in total. The minimum absolute atomic E-state index is 0.0784. The monoisotopic (exact) mass is 212 g/mol. The molecule has 0 aliphatic carbocycles. The molecule has 7 heteroatoms. The number of nitrogens with one attached hydrogen (secondary N) is 1. The van der Waals surface area contributed by atoms with Crippen molar-refractivity contribution in [2.75, 3.05) is 6.54 Å². The Morgan fingerprint density at radius 1 is 1.54 bits per heavy atom. The molecule has 1 atom stereocenters. The lowest BCUT2D eigenvalue weighted by Crippen LogP contribution is -2.36. The van der Waals surface area contributed by atoms with Crippen molar-refractivity contribution < 1.29 is 17.2 Å². The van der Waals surface area contributed by atoms with Gasteiger partial charge < -0.3 is 0 Å². The molecular formula is C6H10F2N2O2S. The van der Waals surface area contributed by atoms with E-state index in [0.29, 0.717) is 0 Å². The van der Waals surface area contributed by atoms with Gasteiger partial charge in [0.2, 0.25) is 10.0 Å². The first-order chi connectivity index (χ1) is 5.94. The quantitative estimate of drug-likeness (QED) is 0.720. The van der Waals surface area contributed by atoms with Crippen LogP contribution in [0.5, 0.6) is 0 Å². The van der Waals surface area contributed by atoms with E-state index in [1.165, 1.54) is 13.0 Å². The second-order valence-electron chi connectivity index (χ2n) is 2.31. The lowest BCUT2D eigenvalue weighted by molar-refractivity contribution is 0.153. The molecule has 0 spiro atoms. The van der Waals surface area contributed by atoms with E-state index < -0.39 is 28.2 Å². The van der Waals surface area contributed by atoms with Gasteiger partial charge in [0.25, 0.3) is 6.43 Å². The molecule has 0 heterocycles. The number of nitrogens with zero attached hydrogens (tertiary/aromatic N) is 1. The van der Waals surface area contributed by atoms with Crippen molar-refractivity contribution in [1.82, 2.24) is 4.72 Å². The van der Waals surface area contributed by atoms with Crippen molar-refractivity contribution in [1.29, 1.82) is 5.26 Å². The third kappa shape index (κ3) is 4.15. The van der Waals surface area contributed by atoms with E-state index >= 15 is 0 Å². The number of nitriles is 1. The Morgan fingerprint density at radius 3 is 2.38 bits per heavy atom. The zero-order valence-corrected chi connectivity index (χ0v) is 7.81. The molecule has 0 amide bonds. The van der Waals surface area contributed by atoms with Crippen molar-refractivity contribution in [3.8, 4) is 6.07 Å². The van der Waals surface area contributed by atoms with Gasteiger partial charge in [0.15, 0.2) is 5.25 Å². The molecular weight excluding hydrogens is 202 g/mol. The van der Waals surface area contributed by atoms with Crippen molar-refractivity contribution in [2.24, 2.45) is 0 Å². The molecule has 0 radical (unpaired) electrons. The first-order valence-corrected chi connectivity index (χ1v) is 5.15. The summed E-state index contributed by atoms with van der Waals surface area (Å²) in [6.45, 7) is 0.552. The number of sulfonamides is 1. The van der Waals surface area contributed by atoms with Crippen LogP contribution in [0.3, 0.4) is 0 Å². The van der Waals surface area contributed by atoms with Gasteiger partial charge >= 0.3 is 0 Å². The summed E-state index contributed by atoms with van der Waals surface area (Å²) < 4.78 is 47.0. The highest BCUT2D eigenvalue weighted by Crippen LogP contribution is 2.03. The maximum Gasteiger partial charge on any atom is 0.251 e. The fraction of sp³-hybridized carbons (Fsp3) is 0.833. The Kier molecular flexibility index (Phi) is 4.80. The molecule has 0 saturated carbocycles. The fourth-order valence-electron chi connectivity index (χ4n) is 0.660. The fourth-order valence-corrected chi connectivity index (χ4v) is 1.80. The second-order valence-corrected chi connectivity index (χ2v) is 4.26. The third-order valence-electron chi connectivity index (χ3n) is 1.33. The van der Waals surface area contributed by atoms with Gasteiger partial charge in [0.1, 0.15) is 0 Å². The van der Waals surface area contributed by atoms with Gasteiger partial charge in [0.05, 0.1) is 12.6 Å². The van der Waals surface area contributed by atoms with Crippen LogP contribution in [0.2, 0.25) is 0 Å². The van der Waals surface area contributed by atoms with Crippen LogP contribution in [0.25, 0.3) is 0 Å². The Labute approximate surface area is 75.6 Å². The summed E-state index contributed by atoms with van der Waals surface area (Å²) >= 11 is 0. The van der Waals surface area contributed by atoms with Gasteiger partial charge in [-0.05, 0) is 6.42 Å². The third-order valence-corrected chi connectivity index (χ3v) is 3.09. The summed E-state index contributed by atoms with van der Waals surface area (Å²) in [4.78, 5) is 0. The number of hydrogen-bond donors (Lipinski definition) is 1. The maximum atomic E-state index is 11.6. The molecule has 0 aromatic rings. The summed E-state index contributed by atoms with van der Waals surface area (Å²) in [5.74, 6) is 0. The normalized spacial score (nSPS) is 14.1. The Balaban J connectivity index is 4.33. The highest BCUT2D eigenvalue weighted by Gasteiger charge is 2.23. The number of rotatable bonds is 5. The largest absolute Gasteiger partial charge is 0.251 e. The minimum atomic E-state index is -3.91. The lowest BCUT2D eigenvalue weighted by Gasteiger charge is -2.08. The van der Waals surface area contributed by atoms with Crippen LogP contribution in [0.4, 0.5) is 8.78 Å². The molecule has 0 aromatic heterocycles. The molecule has 76 valence electrons. The summed E-state index contributed by atoms with van der Waals surface area (Å²) in [7, 11) is -3.91. The highest BCUT2D eigenvalue weighted by molar-refractivity contribution is 7.90. The molecule has 0 aliphatic rings. The first kappa shape index (κ1) is 12.3. The summed E-state index contributed by atoms with van der Waals surface area (Å²) in [5, 5.41) is 7.11. The van der Waals surface area contributed by atoms with E-state index in [2.05, 4.69) is 0 Å². The smallest absolute Gasteiger partial charge is 0.211 e. The maximum absolute atomic E-state index is 11.6. The topological polar surface area (TPSA) is 70.0 Å². The van der Waals surface area contributed by atoms with E-state index in [-0.39, 0.29) is 6.42 Å².